The molecule has 0 bridgehead atoms. The Morgan fingerprint density at radius 3 is 2.48 bits per heavy atom. The van der Waals surface area contributed by atoms with Gasteiger partial charge < -0.3 is 14.8 Å². The van der Waals surface area contributed by atoms with Crippen molar-refractivity contribution in [3.05, 3.63) is 52.0 Å². The van der Waals surface area contributed by atoms with E-state index in [-0.39, 0.29) is 5.91 Å². The number of fused-ring (bicyclic) bond motifs is 1. The molecule has 132 valence electrons. The van der Waals surface area contributed by atoms with Crippen molar-refractivity contribution < 1.29 is 14.3 Å². The van der Waals surface area contributed by atoms with E-state index < -0.39 is 0 Å². The number of aryl methyl sites for hydroxylation is 2. The number of carbonyl (C=O) groups excluding carboxylic acids is 1. The molecule has 0 heterocycles. The van der Waals surface area contributed by atoms with E-state index in [9.17, 15) is 4.79 Å². The summed E-state index contributed by atoms with van der Waals surface area (Å²) in [4.78, 5) is 12.4. The normalized spacial score (nSPS) is 13.1. The lowest BCUT2D eigenvalue weighted by Gasteiger charge is -2.17. The molecule has 1 aliphatic carbocycles. The van der Waals surface area contributed by atoms with Crippen LogP contribution in [-0.2, 0) is 24.1 Å². The lowest BCUT2D eigenvalue weighted by molar-refractivity contribution is -0.115. The van der Waals surface area contributed by atoms with E-state index in [1.54, 1.807) is 19.2 Å². The summed E-state index contributed by atoms with van der Waals surface area (Å²) in [7, 11) is 3.08. The summed E-state index contributed by atoms with van der Waals surface area (Å²) in [6, 6.07) is 9.66. The van der Waals surface area contributed by atoms with Crippen molar-refractivity contribution in [2.75, 3.05) is 19.5 Å². The fraction of sp³-hybridized carbons (Fsp3) is 0.350. The summed E-state index contributed by atoms with van der Waals surface area (Å²) in [6.45, 7) is 0. The predicted molar refractivity (Wildman–Crippen MR) is 100.0 cm³/mol. The number of carbonyl (C=O) groups is 1. The maximum Gasteiger partial charge on any atom is 0.228 e. The van der Waals surface area contributed by atoms with Crippen LogP contribution >= 0.6 is 11.6 Å². The monoisotopic (exact) mass is 359 g/mol. The molecule has 0 radical (unpaired) electrons. The highest BCUT2D eigenvalue weighted by Crippen LogP contribution is 2.36. The number of hydrogen-bond donors (Lipinski definition) is 1. The molecule has 4 nitrogen and oxygen atoms in total. The fourth-order valence-electron chi connectivity index (χ4n) is 3.23. The van der Waals surface area contributed by atoms with Gasteiger partial charge in [-0.3, -0.25) is 4.79 Å². The summed E-state index contributed by atoms with van der Waals surface area (Å²) >= 11 is 6.15. The van der Waals surface area contributed by atoms with E-state index in [0.29, 0.717) is 28.6 Å². The molecule has 2 aromatic rings. The maximum absolute atomic E-state index is 12.4. The zero-order chi connectivity index (χ0) is 17.8. The largest absolute Gasteiger partial charge is 0.495 e. The van der Waals surface area contributed by atoms with Crippen molar-refractivity contribution in [3.63, 3.8) is 0 Å². The molecule has 1 aliphatic rings. The van der Waals surface area contributed by atoms with Crippen molar-refractivity contribution in [2.24, 2.45) is 0 Å². The summed E-state index contributed by atoms with van der Waals surface area (Å²) in [6.07, 6.45) is 5.05. The Kier molecular flexibility index (Phi) is 5.49. The Morgan fingerprint density at radius 2 is 1.76 bits per heavy atom. The van der Waals surface area contributed by atoms with Gasteiger partial charge in [0.15, 0.2) is 0 Å². The first-order valence-electron chi connectivity index (χ1n) is 8.42. The molecule has 0 saturated heterocycles. The van der Waals surface area contributed by atoms with Crippen molar-refractivity contribution in [2.45, 2.75) is 32.1 Å². The first-order valence-corrected chi connectivity index (χ1v) is 8.80. The average Bonchev–Trinajstić information content (AvgIpc) is 2.62. The second-order valence-electron chi connectivity index (χ2n) is 6.22. The zero-order valence-corrected chi connectivity index (χ0v) is 15.3. The third kappa shape index (κ3) is 4.07. The van der Waals surface area contributed by atoms with Crippen LogP contribution in [0, 0.1) is 0 Å². The van der Waals surface area contributed by atoms with Gasteiger partial charge >= 0.3 is 0 Å². The quantitative estimate of drug-likeness (QED) is 0.859. The molecule has 2 aromatic carbocycles. The van der Waals surface area contributed by atoms with E-state index >= 15 is 0 Å². The molecule has 0 aliphatic heterocycles. The number of halogens is 1. The van der Waals surface area contributed by atoms with Crippen LogP contribution in [0.25, 0.3) is 0 Å². The highest BCUT2D eigenvalue weighted by molar-refractivity contribution is 6.32. The molecular formula is C20H22ClNO3. The molecule has 0 aromatic heterocycles. The highest BCUT2D eigenvalue weighted by Gasteiger charge is 2.14. The molecule has 5 heteroatoms. The predicted octanol–water partition coefficient (Wildman–Crippen LogP) is 4.42. The number of rotatable bonds is 5. The second-order valence-corrected chi connectivity index (χ2v) is 6.63. The summed E-state index contributed by atoms with van der Waals surface area (Å²) in [5.74, 6) is 0.918. The topological polar surface area (TPSA) is 47.6 Å². The van der Waals surface area contributed by atoms with E-state index in [2.05, 4.69) is 17.4 Å². The lowest BCUT2D eigenvalue weighted by atomic mass is 9.90. The van der Waals surface area contributed by atoms with Crippen LogP contribution in [0.3, 0.4) is 0 Å². The molecule has 0 fully saturated rings. The van der Waals surface area contributed by atoms with Gasteiger partial charge in [0.05, 0.1) is 31.4 Å². The molecule has 0 saturated carbocycles. The maximum atomic E-state index is 12.4. The van der Waals surface area contributed by atoms with E-state index in [0.717, 1.165) is 18.4 Å². The number of amides is 1. The Labute approximate surface area is 153 Å². The Hall–Kier alpha value is -2.20. The molecule has 0 spiro atoms. The summed E-state index contributed by atoms with van der Waals surface area (Å²) in [5.41, 5.74) is 4.36. The molecular weight excluding hydrogens is 338 g/mol. The van der Waals surface area contributed by atoms with Crippen molar-refractivity contribution in [3.8, 4) is 11.5 Å². The van der Waals surface area contributed by atoms with Crippen molar-refractivity contribution in [1.29, 1.82) is 0 Å². The fourth-order valence-corrected chi connectivity index (χ4v) is 3.48. The minimum Gasteiger partial charge on any atom is -0.495 e. The van der Waals surface area contributed by atoms with Crippen LogP contribution in [-0.4, -0.2) is 20.1 Å². The minimum absolute atomic E-state index is 0.102. The Morgan fingerprint density at radius 1 is 1.04 bits per heavy atom. The Bertz CT molecular complexity index is 789. The lowest BCUT2D eigenvalue weighted by Crippen LogP contribution is -2.15. The van der Waals surface area contributed by atoms with Crippen LogP contribution in [0.4, 0.5) is 5.69 Å². The first kappa shape index (κ1) is 17.6. The van der Waals surface area contributed by atoms with Crippen LogP contribution in [0.2, 0.25) is 5.02 Å². The number of methoxy groups -OCH3 is 2. The molecule has 1 amide bonds. The van der Waals surface area contributed by atoms with Gasteiger partial charge in [-0.1, -0.05) is 29.8 Å². The van der Waals surface area contributed by atoms with Gasteiger partial charge in [0, 0.05) is 6.07 Å². The third-order valence-corrected chi connectivity index (χ3v) is 4.82. The van der Waals surface area contributed by atoms with Gasteiger partial charge in [0.25, 0.3) is 0 Å². The van der Waals surface area contributed by atoms with Gasteiger partial charge in [-0.05, 0) is 48.4 Å². The summed E-state index contributed by atoms with van der Waals surface area (Å²) < 4.78 is 10.5. The highest BCUT2D eigenvalue weighted by atomic mass is 35.5. The van der Waals surface area contributed by atoms with Gasteiger partial charge in [-0.25, -0.2) is 0 Å². The van der Waals surface area contributed by atoms with Gasteiger partial charge in [-0.2, -0.15) is 0 Å². The number of benzene rings is 2. The summed E-state index contributed by atoms with van der Waals surface area (Å²) in [5, 5.41) is 3.30. The smallest absolute Gasteiger partial charge is 0.228 e. The standard InChI is InChI=1S/C20H22ClNO3/c1-24-18-12-19(25-2)17(11-16(18)21)22-20(23)10-13-7-8-14-5-3-4-6-15(14)9-13/h7-9,11-12H,3-6,10H2,1-2H3,(H,22,23). The van der Waals surface area contributed by atoms with Gasteiger partial charge in [-0.15, -0.1) is 0 Å². The number of anilines is 1. The zero-order valence-electron chi connectivity index (χ0n) is 14.5. The molecule has 25 heavy (non-hydrogen) atoms. The second kappa shape index (κ2) is 7.79. The van der Waals surface area contributed by atoms with E-state index in [1.807, 2.05) is 6.07 Å². The third-order valence-electron chi connectivity index (χ3n) is 4.53. The van der Waals surface area contributed by atoms with Gasteiger partial charge in [0.1, 0.15) is 11.5 Å². The molecule has 1 N–H and O–H groups in total. The van der Waals surface area contributed by atoms with E-state index in [4.69, 9.17) is 21.1 Å². The minimum atomic E-state index is -0.102. The Balaban J connectivity index is 1.73. The number of nitrogens with one attached hydrogen (secondary N) is 1. The average molecular weight is 360 g/mol. The first-order chi connectivity index (χ1) is 12.1. The number of ether oxygens (including phenoxy) is 2. The molecule has 0 atom stereocenters. The van der Waals surface area contributed by atoms with Gasteiger partial charge in [0.2, 0.25) is 5.91 Å². The molecule has 0 unspecified atom stereocenters. The van der Waals surface area contributed by atoms with Crippen LogP contribution < -0.4 is 14.8 Å². The van der Waals surface area contributed by atoms with Crippen LogP contribution in [0.5, 0.6) is 11.5 Å². The number of hydrogen-bond acceptors (Lipinski definition) is 3. The van der Waals surface area contributed by atoms with Crippen molar-refractivity contribution >= 4 is 23.2 Å². The van der Waals surface area contributed by atoms with Crippen molar-refractivity contribution in [1.82, 2.24) is 0 Å². The van der Waals surface area contributed by atoms with Crippen LogP contribution in [0.1, 0.15) is 29.5 Å². The molecule has 3 rings (SSSR count). The van der Waals surface area contributed by atoms with E-state index in [1.165, 1.54) is 31.1 Å². The SMILES string of the molecule is COc1cc(OC)c(NC(=O)Cc2ccc3c(c2)CCCC3)cc1Cl. The van der Waals surface area contributed by atoms with Crippen LogP contribution in [0.15, 0.2) is 30.3 Å².